The highest BCUT2D eigenvalue weighted by atomic mass is 15.2. The highest BCUT2D eigenvalue weighted by Crippen LogP contribution is 2.30. The summed E-state index contributed by atoms with van der Waals surface area (Å²) in [6.45, 7) is 12.5. The van der Waals surface area contributed by atoms with Gasteiger partial charge in [0.2, 0.25) is 0 Å². The van der Waals surface area contributed by atoms with E-state index in [1.807, 2.05) is 20.0 Å². The van der Waals surface area contributed by atoms with E-state index >= 15 is 0 Å². The Morgan fingerprint density at radius 1 is 1.19 bits per heavy atom. The topological polar surface area (TPSA) is 75.9 Å². The Balaban J connectivity index is 0.00000102. The summed E-state index contributed by atoms with van der Waals surface area (Å²) in [5.74, 6) is 1.37. The van der Waals surface area contributed by atoms with E-state index in [0.29, 0.717) is 5.92 Å². The first-order valence-electron chi connectivity index (χ1n) is 10.0. The number of nitrogens with one attached hydrogen (secondary N) is 3. The number of piperidine rings is 1. The number of allylic oxidation sites excluding steroid dienone is 1. The average molecular weight is 372 g/mol. The molecule has 0 aliphatic carbocycles. The van der Waals surface area contributed by atoms with Crippen LogP contribution in [0, 0.1) is 5.92 Å². The molecule has 0 atom stereocenters. The van der Waals surface area contributed by atoms with Crippen LogP contribution in [0.4, 0.5) is 5.69 Å². The van der Waals surface area contributed by atoms with Gasteiger partial charge in [0.05, 0.1) is 23.3 Å². The molecule has 148 valence electrons. The molecule has 7 nitrogen and oxygen atoms in total. The van der Waals surface area contributed by atoms with Gasteiger partial charge in [-0.25, -0.2) is 4.98 Å². The molecule has 2 aromatic heterocycles. The van der Waals surface area contributed by atoms with Crippen LogP contribution in [0.3, 0.4) is 0 Å². The lowest BCUT2D eigenvalue weighted by atomic mass is 9.94. The van der Waals surface area contributed by atoms with Gasteiger partial charge in [0.15, 0.2) is 5.82 Å². The van der Waals surface area contributed by atoms with Crippen LogP contribution in [0.15, 0.2) is 18.5 Å². The van der Waals surface area contributed by atoms with Crippen LogP contribution in [-0.4, -0.2) is 63.7 Å². The Labute approximate surface area is 162 Å². The molecular formula is C20H33N7. The van der Waals surface area contributed by atoms with Gasteiger partial charge in [-0.2, -0.15) is 5.10 Å². The van der Waals surface area contributed by atoms with Crippen molar-refractivity contribution in [3.63, 3.8) is 0 Å². The molecule has 2 aliphatic rings. The zero-order chi connectivity index (χ0) is 19.4. The first-order chi connectivity index (χ1) is 13.1. The summed E-state index contributed by atoms with van der Waals surface area (Å²) in [5.41, 5.74) is 5.31. The maximum atomic E-state index is 4.79. The molecular weight excluding hydrogens is 338 g/mol. The molecule has 0 radical (unpaired) electrons. The molecule has 27 heavy (non-hydrogen) atoms. The maximum absolute atomic E-state index is 4.79. The van der Waals surface area contributed by atoms with Crippen LogP contribution in [0.1, 0.15) is 38.1 Å². The molecule has 0 saturated carbocycles. The van der Waals surface area contributed by atoms with Crippen LogP contribution in [0.2, 0.25) is 0 Å². The van der Waals surface area contributed by atoms with Crippen molar-refractivity contribution < 1.29 is 0 Å². The molecule has 1 fully saturated rings. The SMILES string of the molecule is C=C(Nc1cn[nH]c1-c1nc2c([nH]1)CN(C)CC2)C1CCN(C)CC1.CC. The quantitative estimate of drug-likeness (QED) is 0.770. The van der Waals surface area contributed by atoms with E-state index in [9.17, 15) is 0 Å². The standard InChI is InChI=1S/C18H27N7.C2H6/c1-12(13-4-7-24(2)8-5-13)20-15-10-19-23-17(15)18-21-14-6-9-25(3)11-16(14)22-18;1-2/h10,13,20H,1,4-9,11H2,2-3H3,(H,19,23)(H,21,22);1-2H3. The van der Waals surface area contributed by atoms with Crippen LogP contribution >= 0.6 is 0 Å². The number of likely N-dealkylation sites (N-methyl/N-ethyl adjacent to an activating group) is 1. The number of likely N-dealkylation sites (tertiary alicyclic amines) is 1. The molecule has 0 aromatic carbocycles. The molecule has 0 spiro atoms. The lowest BCUT2D eigenvalue weighted by Crippen LogP contribution is -2.31. The third kappa shape index (κ3) is 4.42. The Bertz CT molecular complexity index is 752. The second kappa shape index (κ2) is 8.71. The van der Waals surface area contributed by atoms with Crippen molar-refractivity contribution in [1.29, 1.82) is 0 Å². The molecule has 2 aliphatic heterocycles. The number of hydrogen-bond acceptors (Lipinski definition) is 5. The van der Waals surface area contributed by atoms with E-state index in [0.717, 1.165) is 68.3 Å². The van der Waals surface area contributed by atoms with Crippen LogP contribution in [-0.2, 0) is 13.0 Å². The van der Waals surface area contributed by atoms with Crippen molar-refractivity contribution in [3.05, 3.63) is 29.9 Å². The first kappa shape index (κ1) is 19.6. The Morgan fingerprint density at radius 3 is 2.67 bits per heavy atom. The van der Waals surface area contributed by atoms with Crippen LogP contribution < -0.4 is 5.32 Å². The number of aromatic nitrogens is 4. The van der Waals surface area contributed by atoms with Gasteiger partial charge in [0, 0.05) is 31.1 Å². The number of aromatic amines is 2. The second-order valence-electron chi connectivity index (χ2n) is 7.38. The minimum Gasteiger partial charge on any atom is -0.356 e. The number of anilines is 1. The Kier molecular flexibility index (Phi) is 6.34. The molecule has 4 rings (SSSR count). The number of H-pyrrole nitrogens is 2. The Hall–Kier alpha value is -2.12. The molecule has 2 aromatic rings. The van der Waals surface area contributed by atoms with Gasteiger partial charge in [0.25, 0.3) is 0 Å². The van der Waals surface area contributed by atoms with Gasteiger partial charge in [0.1, 0.15) is 5.69 Å². The third-order valence-corrected chi connectivity index (χ3v) is 5.41. The highest BCUT2D eigenvalue weighted by molar-refractivity contribution is 5.70. The van der Waals surface area contributed by atoms with Crippen molar-refractivity contribution in [2.45, 2.75) is 39.7 Å². The molecule has 0 bridgehead atoms. The summed E-state index contributed by atoms with van der Waals surface area (Å²) in [6, 6.07) is 0. The summed E-state index contributed by atoms with van der Waals surface area (Å²) >= 11 is 0. The first-order valence-corrected chi connectivity index (χ1v) is 10.0. The average Bonchev–Trinajstić information content (AvgIpc) is 3.29. The Morgan fingerprint density at radius 2 is 1.93 bits per heavy atom. The predicted molar refractivity (Wildman–Crippen MR) is 111 cm³/mol. The number of hydrogen-bond donors (Lipinski definition) is 3. The highest BCUT2D eigenvalue weighted by Gasteiger charge is 2.23. The van der Waals surface area contributed by atoms with Gasteiger partial charge in [-0.3, -0.25) is 5.10 Å². The number of nitrogens with zero attached hydrogens (tertiary/aromatic N) is 4. The van der Waals surface area contributed by atoms with E-state index in [2.05, 4.69) is 51.0 Å². The van der Waals surface area contributed by atoms with E-state index in [-0.39, 0.29) is 0 Å². The van der Waals surface area contributed by atoms with Gasteiger partial charge in [-0.1, -0.05) is 20.4 Å². The summed E-state index contributed by atoms with van der Waals surface area (Å²) < 4.78 is 0. The zero-order valence-electron chi connectivity index (χ0n) is 17.1. The molecule has 0 amide bonds. The molecule has 3 N–H and O–H groups in total. The fraction of sp³-hybridized carbons (Fsp3) is 0.600. The number of fused-ring (bicyclic) bond motifs is 1. The fourth-order valence-corrected chi connectivity index (χ4v) is 3.74. The van der Waals surface area contributed by atoms with Crippen LogP contribution in [0.5, 0.6) is 0 Å². The maximum Gasteiger partial charge on any atom is 0.158 e. The molecule has 1 saturated heterocycles. The largest absolute Gasteiger partial charge is 0.356 e. The van der Waals surface area contributed by atoms with E-state index in [4.69, 9.17) is 4.98 Å². The lowest BCUT2D eigenvalue weighted by molar-refractivity contribution is 0.239. The van der Waals surface area contributed by atoms with Crippen molar-refractivity contribution >= 4 is 5.69 Å². The third-order valence-electron chi connectivity index (χ3n) is 5.41. The molecule has 7 heteroatoms. The molecule has 4 heterocycles. The summed E-state index contributed by atoms with van der Waals surface area (Å²) in [6.07, 6.45) is 5.11. The number of imidazole rings is 1. The van der Waals surface area contributed by atoms with E-state index < -0.39 is 0 Å². The second-order valence-corrected chi connectivity index (χ2v) is 7.38. The van der Waals surface area contributed by atoms with Gasteiger partial charge < -0.3 is 20.1 Å². The zero-order valence-corrected chi connectivity index (χ0v) is 17.1. The summed E-state index contributed by atoms with van der Waals surface area (Å²) in [4.78, 5) is 12.9. The minimum atomic E-state index is 0.511. The number of rotatable bonds is 4. The normalized spacial score (nSPS) is 18.5. The summed E-state index contributed by atoms with van der Waals surface area (Å²) in [5, 5.41) is 10.8. The van der Waals surface area contributed by atoms with Crippen molar-refractivity contribution in [2.75, 3.05) is 39.0 Å². The minimum absolute atomic E-state index is 0.511. The smallest absolute Gasteiger partial charge is 0.158 e. The van der Waals surface area contributed by atoms with Gasteiger partial charge in [-0.05, 0) is 40.0 Å². The van der Waals surface area contributed by atoms with Crippen molar-refractivity contribution in [1.82, 2.24) is 30.0 Å². The van der Waals surface area contributed by atoms with E-state index in [1.165, 1.54) is 11.4 Å². The lowest BCUT2D eigenvalue weighted by Gasteiger charge is -2.30. The van der Waals surface area contributed by atoms with E-state index in [1.54, 1.807) is 0 Å². The molecule has 0 unspecified atom stereocenters. The monoisotopic (exact) mass is 371 g/mol. The fourth-order valence-electron chi connectivity index (χ4n) is 3.74. The summed E-state index contributed by atoms with van der Waals surface area (Å²) in [7, 11) is 4.31. The van der Waals surface area contributed by atoms with Crippen LogP contribution in [0.25, 0.3) is 11.5 Å². The predicted octanol–water partition coefficient (Wildman–Crippen LogP) is 3.08. The van der Waals surface area contributed by atoms with Gasteiger partial charge >= 0.3 is 0 Å². The van der Waals surface area contributed by atoms with Crippen molar-refractivity contribution in [3.8, 4) is 11.5 Å². The van der Waals surface area contributed by atoms with Crippen molar-refractivity contribution in [2.24, 2.45) is 5.92 Å². The van der Waals surface area contributed by atoms with Gasteiger partial charge in [-0.15, -0.1) is 0 Å².